The van der Waals surface area contributed by atoms with Crippen LogP contribution in [0.4, 0.5) is 9.59 Å². The smallest absolute Gasteiger partial charge is 0.409 e. The zero-order valence-corrected chi connectivity index (χ0v) is 17.4. The van der Waals surface area contributed by atoms with Gasteiger partial charge in [0.2, 0.25) is 0 Å². The lowest BCUT2D eigenvalue weighted by Gasteiger charge is -2.33. The molecule has 148 valence electrons. The van der Waals surface area contributed by atoms with Gasteiger partial charge in [0.1, 0.15) is 26.3 Å². The quantitative estimate of drug-likeness (QED) is 0.543. The summed E-state index contributed by atoms with van der Waals surface area (Å²) in [7, 11) is 15.3. The third kappa shape index (κ3) is 11.6. The standard InChI is InChI=1S/C17H38N4O4/c1-18(2)16(22)24-14-12-20(5,6)10-9-11-21(7,8)13-15-25-17(23)19(3)4/h9-15H2,1-8H3/q+2. The molecule has 0 aromatic heterocycles. The average Bonchev–Trinajstić information content (AvgIpc) is 2.45. The summed E-state index contributed by atoms with van der Waals surface area (Å²) >= 11 is 0. The van der Waals surface area contributed by atoms with Crippen LogP contribution in [0.5, 0.6) is 0 Å². The minimum atomic E-state index is -0.301. The van der Waals surface area contributed by atoms with Crippen LogP contribution in [0.1, 0.15) is 6.42 Å². The van der Waals surface area contributed by atoms with Gasteiger partial charge in [-0.15, -0.1) is 0 Å². The number of rotatable bonds is 10. The van der Waals surface area contributed by atoms with Gasteiger partial charge in [-0.25, -0.2) is 9.59 Å². The maximum absolute atomic E-state index is 11.4. The van der Waals surface area contributed by atoms with Crippen LogP contribution in [0, 0.1) is 0 Å². The van der Waals surface area contributed by atoms with Crippen molar-refractivity contribution in [3.8, 4) is 0 Å². The molecule has 0 aliphatic carbocycles. The molecule has 0 aliphatic heterocycles. The highest BCUT2D eigenvalue weighted by molar-refractivity contribution is 5.66. The molecule has 0 aliphatic rings. The lowest BCUT2D eigenvalue weighted by atomic mass is 10.3. The number of likely N-dealkylation sites (N-methyl/N-ethyl adjacent to an activating group) is 2. The van der Waals surface area contributed by atoms with Gasteiger partial charge in [0.25, 0.3) is 0 Å². The number of carbonyl (C=O) groups is 2. The molecule has 8 heteroatoms. The molecule has 2 amide bonds. The summed E-state index contributed by atoms with van der Waals surface area (Å²) in [4.78, 5) is 25.7. The molecule has 0 atom stereocenters. The summed E-state index contributed by atoms with van der Waals surface area (Å²) in [6.45, 7) is 4.41. The number of ether oxygens (including phenoxy) is 2. The summed E-state index contributed by atoms with van der Waals surface area (Å²) in [5.41, 5.74) is 0. The van der Waals surface area contributed by atoms with Crippen LogP contribution in [0.25, 0.3) is 0 Å². The van der Waals surface area contributed by atoms with Crippen molar-refractivity contribution in [3.63, 3.8) is 0 Å². The highest BCUT2D eigenvalue weighted by atomic mass is 16.6. The SMILES string of the molecule is CN(C)C(=O)OCC[N+](C)(C)CCC[N+](C)(C)CCOC(=O)N(C)C. The number of amides is 2. The van der Waals surface area contributed by atoms with E-state index in [0.717, 1.165) is 41.6 Å². The molecule has 0 unspecified atom stereocenters. The van der Waals surface area contributed by atoms with Crippen molar-refractivity contribution in [2.45, 2.75) is 6.42 Å². The van der Waals surface area contributed by atoms with Gasteiger partial charge in [0, 0.05) is 34.6 Å². The molecule has 0 spiro atoms. The minimum absolute atomic E-state index is 0.301. The molecule has 0 radical (unpaired) electrons. The van der Waals surface area contributed by atoms with Gasteiger partial charge in [-0.1, -0.05) is 0 Å². The van der Waals surface area contributed by atoms with Crippen molar-refractivity contribution in [2.75, 3.05) is 95.8 Å². The fourth-order valence-electron chi connectivity index (χ4n) is 2.17. The van der Waals surface area contributed by atoms with E-state index in [1.807, 2.05) is 0 Å². The van der Waals surface area contributed by atoms with Crippen LogP contribution in [0.3, 0.4) is 0 Å². The van der Waals surface area contributed by atoms with Crippen LogP contribution in [-0.4, -0.2) is 127 Å². The van der Waals surface area contributed by atoms with Crippen molar-refractivity contribution in [3.05, 3.63) is 0 Å². The molecule has 0 heterocycles. The van der Waals surface area contributed by atoms with E-state index in [1.165, 1.54) is 9.80 Å². The van der Waals surface area contributed by atoms with Crippen molar-refractivity contribution >= 4 is 12.2 Å². The van der Waals surface area contributed by atoms with Gasteiger partial charge in [-0.2, -0.15) is 0 Å². The molecule has 0 aromatic carbocycles. The Bertz CT molecular complexity index is 385. The Morgan fingerprint density at radius 1 is 0.680 bits per heavy atom. The fourth-order valence-corrected chi connectivity index (χ4v) is 2.17. The number of carbonyl (C=O) groups excluding carboxylic acids is 2. The average molecular weight is 363 g/mol. The van der Waals surface area contributed by atoms with Crippen LogP contribution < -0.4 is 0 Å². The Balaban J connectivity index is 4.04. The van der Waals surface area contributed by atoms with Crippen molar-refractivity contribution in [1.82, 2.24) is 9.80 Å². The summed E-state index contributed by atoms with van der Waals surface area (Å²) in [5.74, 6) is 0. The molecule has 25 heavy (non-hydrogen) atoms. The van der Waals surface area contributed by atoms with E-state index < -0.39 is 0 Å². The molecule has 0 saturated carbocycles. The lowest BCUT2D eigenvalue weighted by molar-refractivity contribution is -0.909. The Morgan fingerprint density at radius 2 is 1.00 bits per heavy atom. The molecule has 8 nitrogen and oxygen atoms in total. The third-order valence-electron chi connectivity index (χ3n) is 4.10. The van der Waals surface area contributed by atoms with Gasteiger partial charge in [-0.3, -0.25) is 0 Å². The fraction of sp³-hybridized carbons (Fsp3) is 0.882. The van der Waals surface area contributed by atoms with Crippen molar-refractivity contribution in [2.24, 2.45) is 0 Å². The number of hydrogen-bond donors (Lipinski definition) is 0. The molecule has 0 aromatic rings. The highest BCUT2D eigenvalue weighted by Gasteiger charge is 2.21. The van der Waals surface area contributed by atoms with Crippen LogP contribution in [0.2, 0.25) is 0 Å². The number of hydrogen-bond acceptors (Lipinski definition) is 4. The van der Waals surface area contributed by atoms with Gasteiger partial charge < -0.3 is 28.2 Å². The molecule has 0 saturated heterocycles. The first-order chi connectivity index (χ1) is 11.4. The van der Waals surface area contributed by atoms with E-state index in [0.29, 0.717) is 13.2 Å². The van der Waals surface area contributed by atoms with Gasteiger partial charge >= 0.3 is 12.2 Å². The predicted octanol–water partition coefficient (Wildman–Crippen LogP) is 0.926. The topological polar surface area (TPSA) is 59.1 Å². The first-order valence-electron chi connectivity index (χ1n) is 8.68. The molecule has 0 rings (SSSR count). The molecule has 0 bridgehead atoms. The second kappa shape index (κ2) is 10.5. The second-order valence-corrected chi connectivity index (χ2v) is 8.14. The van der Waals surface area contributed by atoms with Crippen molar-refractivity contribution < 1.29 is 28.0 Å². The lowest BCUT2D eigenvalue weighted by Crippen LogP contribution is -2.48. The largest absolute Gasteiger partial charge is 0.443 e. The molecular weight excluding hydrogens is 324 g/mol. The van der Waals surface area contributed by atoms with E-state index >= 15 is 0 Å². The van der Waals surface area contributed by atoms with E-state index in [-0.39, 0.29) is 12.2 Å². The van der Waals surface area contributed by atoms with E-state index in [1.54, 1.807) is 28.2 Å². The summed E-state index contributed by atoms with van der Waals surface area (Å²) in [6.07, 6.45) is 0.443. The Labute approximate surface area is 153 Å². The summed E-state index contributed by atoms with van der Waals surface area (Å²) in [5, 5.41) is 0. The zero-order valence-electron chi connectivity index (χ0n) is 17.4. The third-order valence-corrected chi connectivity index (χ3v) is 4.10. The number of quaternary nitrogens is 2. The summed E-state index contributed by atoms with van der Waals surface area (Å²) < 4.78 is 12.0. The van der Waals surface area contributed by atoms with E-state index in [9.17, 15) is 9.59 Å². The first-order valence-corrected chi connectivity index (χ1v) is 8.68. The Kier molecular flexibility index (Phi) is 9.81. The van der Waals surface area contributed by atoms with Crippen LogP contribution in [-0.2, 0) is 9.47 Å². The molecule has 0 fully saturated rings. The normalized spacial score (nSPS) is 11.8. The predicted molar refractivity (Wildman–Crippen MR) is 98.4 cm³/mol. The second-order valence-electron chi connectivity index (χ2n) is 8.14. The maximum Gasteiger partial charge on any atom is 0.409 e. The van der Waals surface area contributed by atoms with E-state index in [2.05, 4.69) is 28.2 Å². The van der Waals surface area contributed by atoms with Crippen LogP contribution >= 0.6 is 0 Å². The first kappa shape index (κ1) is 23.5. The van der Waals surface area contributed by atoms with Crippen LogP contribution in [0.15, 0.2) is 0 Å². The van der Waals surface area contributed by atoms with E-state index in [4.69, 9.17) is 9.47 Å². The monoisotopic (exact) mass is 362 g/mol. The maximum atomic E-state index is 11.4. The molecule has 0 N–H and O–H groups in total. The van der Waals surface area contributed by atoms with Gasteiger partial charge in [0.15, 0.2) is 0 Å². The Hall–Kier alpha value is -1.54. The highest BCUT2D eigenvalue weighted by Crippen LogP contribution is 2.05. The van der Waals surface area contributed by atoms with Gasteiger partial charge in [-0.05, 0) is 0 Å². The molecular formula is C17H38N4O4+2. The summed E-state index contributed by atoms with van der Waals surface area (Å²) in [6, 6.07) is 0. The van der Waals surface area contributed by atoms with Gasteiger partial charge in [0.05, 0.1) is 41.3 Å². The zero-order chi connectivity index (χ0) is 19.7. The number of nitrogens with zero attached hydrogens (tertiary/aromatic N) is 4. The van der Waals surface area contributed by atoms with Crippen molar-refractivity contribution in [1.29, 1.82) is 0 Å². The minimum Gasteiger partial charge on any atom is -0.443 e. The Morgan fingerprint density at radius 3 is 1.28 bits per heavy atom.